The van der Waals surface area contributed by atoms with Crippen LogP contribution < -0.4 is 14.8 Å². The van der Waals surface area contributed by atoms with Crippen molar-refractivity contribution in [1.82, 2.24) is 5.32 Å². The van der Waals surface area contributed by atoms with Gasteiger partial charge in [-0.1, -0.05) is 66.7 Å². The molecule has 0 radical (unpaired) electrons. The third-order valence-corrected chi connectivity index (χ3v) is 4.31. The van der Waals surface area contributed by atoms with E-state index >= 15 is 0 Å². The molecular formula is C23H23NO3. The van der Waals surface area contributed by atoms with Crippen LogP contribution >= 0.6 is 0 Å². The predicted molar refractivity (Wildman–Crippen MR) is 107 cm³/mol. The number of para-hydroxylation sites is 2. The lowest BCUT2D eigenvalue weighted by Crippen LogP contribution is -2.31. The molecule has 1 N–H and O–H groups in total. The maximum Gasteiger partial charge on any atom is 0.258 e. The Hall–Kier alpha value is -3.27. The van der Waals surface area contributed by atoms with Crippen molar-refractivity contribution in [3.05, 3.63) is 84.4 Å². The number of carbonyl (C=O) groups excluding carboxylic acids is 1. The topological polar surface area (TPSA) is 47.6 Å². The molecular weight excluding hydrogens is 338 g/mol. The number of hydrogen-bond acceptors (Lipinski definition) is 3. The quantitative estimate of drug-likeness (QED) is 0.668. The summed E-state index contributed by atoms with van der Waals surface area (Å²) in [5, 5.41) is 2.96. The highest BCUT2D eigenvalue weighted by Gasteiger charge is 2.14. The Kier molecular flexibility index (Phi) is 6.10. The van der Waals surface area contributed by atoms with Crippen molar-refractivity contribution in [3.8, 4) is 22.6 Å². The van der Waals surface area contributed by atoms with Crippen LogP contribution in [0.15, 0.2) is 78.9 Å². The van der Waals surface area contributed by atoms with E-state index in [0.29, 0.717) is 5.75 Å². The Balaban J connectivity index is 1.65. The van der Waals surface area contributed by atoms with Crippen molar-refractivity contribution in [1.29, 1.82) is 0 Å². The van der Waals surface area contributed by atoms with Crippen LogP contribution in [-0.2, 0) is 4.79 Å². The van der Waals surface area contributed by atoms with Crippen molar-refractivity contribution in [2.75, 3.05) is 13.7 Å². The number of methoxy groups -OCH3 is 1. The van der Waals surface area contributed by atoms with Gasteiger partial charge in [0.15, 0.2) is 6.61 Å². The number of rotatable bonds is 7. The van der Waals surface area contributed by atoms with Gasteiger partial charge in [-0.05, 0) is 24.6 Å². The minimum atomic E-state index is -0.184. The first kappa shape index (κ1) is 18.5. The van der Waals surface area contributed by atoms with Gasteiger partial charge < -0.3 is 14.8 Å². The van der Waals surface area contributed by atoms with Crippen LogP contribution in [0.25, 0.3) is 11.1 Å². The van der Waals surface area contributed by atoms with Crippen LogP contribution in [0.4, 0.5) is 0 Å². The van der Waals surface area contributed by atoms with Gasteiger partial charge in [-0.3, -0.25) is 4.79 Å². The average Bonchev–Trinajstić information content (AvgIpc) is 2.73. The Morgan fingerprint density at radius 1 is 0.889 bits per heavy atom. The van der Waals surface area contributed by atoms with E-state index in [1.165, 1.54) is 0 Å². The Morgan fingerprint density at radius 2 is 1.52 bits per heavy atom. The molecule has 0 saturated heterocycles. The normalized spacial score (nSPS) is 11.5. The van der Waals surface area contributed by atoms with E-state index in [-0.39, 0.29) is 18.6 Å². The van der Waals surface area contributed by atoms with Crippen LogP contribution in [0, 0.1) is 0 Å². The van der Waals surface area contributed by atoms with Gasteiger partial charge in [0.05, 0.1) is 13.2 Å². The number of carbonyl (C=O) groups is 1. The molecule has 138 valence electrons. The van der Waals surface area contributed by atoms with Gasteiger partial charge in [0, 0.05) is 11.1 Å². The molecule has 0 aromatic heterocycles. The molecule has 3 aromatic rings. The van der Waals surface area contributed by atoms with Crippen molar-refractivity contribution in [2.24, 2.45) is 0 Å². The van der Waals surface area contributed by atoms with Crippen LogP contribution in [0.1, 0.15) is 18.5 Å². The molecule has 0 spiro atoms. The van der Waals surface area contributed by atoms with E-state index in [9.17, 15) is 4.79 Å². The monoisotopic (exact) mass is 361 g/mol. The summed E-state index contributed by atoms with van der Waals surface area (Å²) in [6, 6.07) is 25.2. The first-order valence-electron chi connectivity index (χ1n) is 8.88. The molecule has 0 unspecified atom stereocenters. The molecule has 4 nitrogen and oxygen atoms in total. The average molecular weight is 361 g/mol. The summed E-state index contributed by atoms with van der Waals surface area (Å²) in [5.41, 5.74) is 2.94. The number of benzene rings is 3. The number of nitrogens with one attached hydrogen (secondary N) is 1. The molecule has 0 heterocycles. The highest BCUT2D eigenvalue weighted by molar-refractivity contribution is 5.79. The molecule has 0 aliphatic rings. The smallest absolute Gasteiger partial charge is 0.258 e. The second-order valence-corrected chi connectivity index (χ2v) is 6.18. The zero-order valence-electron chi connectivity index (χ0n) is 15.5. The summed E-state index contributed by atoms with van der Waals surface area (Å²) in [5.74, 6) is 1.25. The van der Waals surface area contributed by atoms with Crippen LogP contribution in [0.3, 0.4) is 0 Å². The van der Waals surface area contributed by atoms with E-state index in [1.54, 1.807) is 7.11 Å². The molecule has 1 atom stereocenters. The highest BCUT2D eigenvalue weighted by atomic mass is 16.5. The minimum Gasteiger partial charge on any atom is -0.496 e. The summed E-state index contributed by atoms with van der Waals surface area (Å²) in [6.07, 6.45) is 0. The first-order valence-corrected chi connectivity index (χ1v) is 8.88. The third kappa shape index (κ3) is 4.67. The van der Waals surface area contributed by atoms with Gasteiger partial charge in [0.2, 0.25) is 0 Å². The lowest BCUT2D eigenvalue weighted by atomic mass is 10.1. The van der Waals surface area contributed by atoms with Crippen molar-refractivity contribution >= 4 is 5.91 Å². The number of ether oxygens (including phenoxy) is 2. The molecule has 0 fully saturated rings. The molecule has 27 heavy (non-hydrogen) atoms. The minimum absolute atomic E-state index is 0.0522. The fourth-order valence-corrected chi connectivity index (χ4v) is 2.98. The number of amides is 1. The summed E-state index contributed by atoms with van der Waals surface area (Å²) >= 11 is 0. The summed E-state index contributed by atoms with van der Waals surface area (Å²) in [4.78, 5) is 12.4. The maximum absolute atomic E-state index is 12.4. The second-order valence-electron chi connectivity index (χ2n) is 6.18. The SMILES string of the molecule is COc1ccccc1[C@H](C)NC(=O)COc1ccccc1-c1ccccc1. The second kappa shape index (κ2) is 8.90. The maximum atomic E-state index is 12.4. The van der Waals surface area contributed by atoms with Crippen molar-refractivity contribution < 1.29 is 14.3 Å². The van der Waals surface area contributed by atoms with E-state index in [1.807, 2.05) is 85.8 Å². The predicted octanol–water partition coefficient (Wildman–Crippen LogP) is 4.62. The van der Waals surface area contributed by atoms with Gasteiger partial charge in [-0.2, -0.15) is 0 Å². The molecule has 3 rings (SSSR count). The van der Waals surface area contributed by atoms with Gasteiger partial charge in [0.25, 0.3) is 5.91 Å². The standard InChI is InChI=1S/C23H23NO3/c1-17(19-12-6-8-14-21(19)26-2)24-23(25)16-27-22-15-9-7-13-20(22)18-10-4-3-5-11-18/h3-15,17H,16H2,1-2H3,(H,24,25)/t17-/m0/s1. The fraction of sp³-hybridized carbons (Fsp3) is 0.174. The molecule has 0 saturated carbocycles. The lowest BCUT2D eigenvalue weighted by molar-refractivity contribution is -0.123. The van der Waals surface area contributed by atoms with E-state index < -0.39 is 0 Å². The first-order chi connectivity index (χ1) is 13.2. The largest absolute Gasteiger partial charge is 0.496 e. The molecule has 0 aliphatic carbocycles. The Labute approximate surface area is 159 Å². The summed E-state index contributed by atoms with van der Waals surface area (Å²) in [7, 11) is 1.62. The zero-order valence-corrected chi connectivity index (χ0v) is 15.5. The summed E-state index contributed by atoms with van der Waals surface area (Å²) in [6.45, 7) is 1.87. The molecule has 4 heteroatoms. The molecule has 3 aromatic carbocycles. The van der Waals surface area contributed by atoms with Gasteiger partial charge >= 0.3 is 0 Å². The zero-order chi connectivity index (χ0) is 19.1. The number of hydrogen-bond donors (Lipinski definition) is 1. The lowest BCUT2D eigenvalue weighted by Gasteiger charge is -2.18. The van der Waals surface area contributed by atoms with Crippen LogP contribution in [-0.4, -0.2) is 19.6 Å². The Morgan fingerprint density at radius 3 is 2.26 bits per heavy atom. The fourth-order valence-electron chi connectivity index (χ4n) is 2.98. The third-order valence-electron chi connectivity index (χ3n) is 4.31. The van der Waals surface area contributed by atoms with Gasteiger partial charge in [0.1, 0.15) is 11.5 Å². The van der Waals surface area contributed by atoms with E-state index in [4.69, 9.17) is 9.47 Å². The van der Waals surface area contributed by atoms with E-state index in [0.717, 1.165) is 22.4 Å². The van der Waals surface area contributed by atoms with Crippen LogP contribution in [0.5, 0.6) is 11.5 Å². The summed E-state index contributed by atoms with van der Waals surface area (Å²) < 4.78 is 11.2. The van der Waals surface area contributed by atoms with E-state index in [2.05, 4.69) is 5.32 Å². The van der Waals surface area contributed by atoms with Crippen molar-refractivity contribution in [2.45, 2.75) is 13.0 Å². The molecule has 0 aliphatic heterocycles. The van der Waals surface area contributed by atoms with Crippen LogP contribution in [0.2, 0.25) is 0 Å². The van der Waals surface area contributed by atoms with Gasteiger partial charge in [-0.25, -0.2) is 0 Å². The highest BCUT2D eigenvalue weighted by Crippen LogP contribution is 2.29. The Bertz CT molecular complexity index is 893. The molecule has 1 amide bonds. The van der Waals surface area contributed by atoms with Gasteiger partial charge in [-0.15, -0.1) is 0 Å². The molecule has 0 bridgehead atoms. The van der Waals surface area contributed by atoms with Crippen molar-refractivity contribution in [3.63, 3.8) is 0 Å².